The summed E-state index contributed by atoms with van der Waals surface area (Å²) in [6.07, 6.45) is 2.72. The Bertz CT molecular complexity index is 578. The van der Waals surface area contributed by atoms with Crippen molar-refractivity contribution in [2.75, 3.05) is 13.2 Å². The van der Waals surface area contributed by atoms with Crippen molar-refractivity contribution < 1.29 is 4.74 Å². The van der Waals surface area contributed by atoms with Crippen molar-refractivity contribution in [1.82, 2.24) is 15.1 Å². The minimum Gasteiger partial charge on any atom is -0.378 e. The van der Waals surface area contributed by atoms with Crippen LogP contribution in [0.4, 0.5) is 0 Å². The van der Waals surface area contributed by atoms with Gasteiger partial charge in [-0.05, 0) is 24.8 Å². The largest absolute Gasteiger partial charge is 0.378 e. The van der Waals surface area contributed by atoms with E-state index in [4.69, 9.17) is 4.74 Å². The number of aryl methyl sites for hydroxylation is 1. The average Bonchev–Trinajstić information content (AvgIpc) is 3.05. The van der Waals surface area contributed by atoms with E-state index >= 15 is 0 Å². The third-order valence-corrected chi connectivity index (χ3v) is 4.28. The van der Waals surface area contributed by atoms with Crippen LogP contribution in [-0.2, 0) is 18.3 Å². The van der Waals surface area contributed by atoms with Crippen LogP contribution in [0.15, 0.2) is 24.3 Å². The molecule has 0 amide bonds. The highest BCUT2D eigenvalue weighted by atomic mass is 16.5. The summed E-state index contributed by atoms with van der Waals surface area (Å²) in [5.41, 5.74) is 2.33. The van der Waals surface area contributed by atoms with Gasteiger partial charge in [0.2, 0.25) is 0 Å². The number of aromatic nitrogens is 2. The number of para-hydroxylation sites is 1. The molecule has 1 aromatic heterocycles. The molecule has 108 valence electrons. The predicted octanol–water partition coefficient (Wildman–Crippen LogP) is 2.48. The summed E-state index contributed by atoms with van der Waals surface area (Å²) in [6, 6.07) is 8.39. The van der Waals surface area contributed by atoms with Crippen LogP contribution in [0.3, 0.4) is 0 Å². The number of nitrogens with one attached hydrogen (secondary N) is 1. The van der Waals surface area contributed by atoms with E-state index in [2.05, 4.69) is 41.6 Å². The normalized spacial score (nSPS) is 22.7. The molecule has 2 unspecified atom stereocenters. The first kappa shape index (κ1) is 13.6. The van der Waals surface area contributed by atoms with E-state index in [0.717, 1.165) is 31.8 Å². The standard InChI is InChI=1S/C16H23N3O/c1-3-16-12(8-9-20-16)10-17-11-14-13-6-4-5-7-15(13)19(2)18-14/h4-7,12,16-17H,3,8-11H2,1-2H3. The minimum absolute atomic E-state index is 0.433. The van der Waals surface area contributed by atoms with Gasteiger partial charge in [0.25, 0.3) is 0 Å². The van der Waals surface area contributed by atoms with E-state index in [1.165, 1.54) is 17.3 Å². The lowest BCUT2D eigenvalue weighted by Gasteiger charge is -2.16. The zero-order valence-corrected chi connectivity index (χ0v) is 12.3. The van der Waals surface area contributed by atoms with Crippen molar-refractivity contribution in [3.63, 3.8) is 0 Å². The van der Waals surface area contributed by atoms with Crippen LogP contribution in [0, 0.1) is 5.92 Å². The summed E-state index contributed by atoms with van der Waals surface area (Å²) in [4.78, 5) is 0. The fraction of sp³-hybridized carbons (Fsp3) is 0.562. The Labute approximate surface area is 120 Å². The molecule has 2 heterocycles. The van der Waals surface area contributed by atoms with Crippen LogP contribution < -0.4 is 5.32 Å². The van der Waals surface area contributed by atoms with Gasteiger partial charge in [0.1, 0.15) is 0 Å². The predicted molar refractivity (Wildman–Crippen MR) is 80.6 cm³/mol. The molecule has 2 atom stereocenters. The number of rotatable bonds is 5. The lowest BCUT2D eigenvalue weighted by atomic mass is 10.00. The van der Waals surface area contributed by atoms with E-state index in [1.54, 1.807) is 0 Å². The molecule has 1 fully saturated rings. The number of ether oxygens (including phenoxy) is 1. The smallest absolute Gasteiger partial charge is 0.0841 e. The molecule has 0 radical (unpaired) electrons. The molecule has 2 aromatic rings. The number of nitrogens with zero attached hydrogens (tertiary/aromatic N) is 2. The molecule has 0 bridgehead atoms. The van der Waals surface area contributed by atoms with Gasteiger partial charge >= 0.3 is 0 Å². The Hall–Kier alpha value is -1.39. The van der Waals surface area contributed by atoms with Crippen LogP contribution >= 0.6 is 0 Å². The Balaban J connectivity index is 1.63. The van der Waals surface area contributed by atoms with E-state index in [9.17, 15) is 0 Å². The third kappa shape index (κ3) is 2.58. The van der Waals surface area contributed by atoms with Crippen molar-refractivity contribution in [3.05, 3.63) is 30.0 Å². The molecule has 4 nitrogen and oxygen atoms in total. The highest BCUT2D eigenvalue weighted by Crippen LogP contribution is 2.23. The van der Waals surface area contributed by atoms with E-state index in [0.29, 0.717) is 12.0 Å². The maximum absolute atomic E-state index is 5.73. The van der Waals surface area contributed by atoms with Crippen LogP contribution in [-0.4, -0.2) is 29.0 Å². The first-order valence-corrected chi connectivity index (χ1v) is 7.52. The first-order chi connectivity index (χ1) is 9.79. The van der Waals surface area contributed by atoms with E-state index in [1.807, 2.05) is 11.7 Å². The van der Waals surface area contributed by atoms with Crippen molar-refractivity contribution >= 4 is 10.9 Å². The fourth-order valence-electron chi connectivity index (χ4n) is 3.17. The van der Waals surface area contributed by atoms with Gasteiger partial charge in [0, 0.05) is 32.1 Å². The maximum Gasteiger partial charge on any atom is 0.0841 e. The second-order valence-electron chi connectivity index (χ2n) is 5.58. The second kappa shape index (κ2) is 5.94. The van der Waals surface area contributed by atoms with Crippen LogP contribution in [0.25, 0.3) is 10.9 Å². The summed E-state index contributed by atoms with van der Waals surface area (Å²) < 4.78 is 7.69. The zero-order chi connectivity index (χ0) is 13.9. The molecule has 0 saturated carbocycles. The van der Waals surface area contributed by atoms with Gasteiger partial charge in [-0.1, -0.05) is 25.1 Å². The molecule has 1 N–H and O–H groups in total. The minimum atomic E-state index is 0.433. The zero-order valence-electron chi connectivity index (χ0n) is 12.3. The first-order valence-electron chi connectivity index (χ1n) is 7.52. The van der Waals surface area contributed by atoms with Crippen LogP contribution in [0.5, 0.6) is 0 Å². The molecular formula is C16H23N3O. The number of hydrogen-bond acceptors (Lipinski definition) is 3. The topological polar surface area (TPSA) is 39.1 Å². The molecule has 3 rings (SSSR count). The van der Waals surface area contributed by atoms with Gasteiger partial charge in [-0.15, -0.1) is 0 Å². The van der Waals surface area contributed by atoms with Gasteiger partial charge in [-0.3, -0.25) is 4.68 Å². The molecule has 1 aromatic carbocycles. The van der Waals surface area contributed by atoms with Crippen LogP contribution in [0.1, 0.15) is 25.5 Å². The molecule has 0 aliphatic carbocycles. The monoisotopic (exact) mass is 273 g/mol. The number of benzene rings is 1. The van der Waals surface area contributed by atoms with Gasteiger partial charge in [0.05, 0.1) is 17.3 Å². The lowest BCUT2D eigenvalue weighted by Crippen LogP contribution is -2.28. The summed E-state index contributed by atoms with van der Waals surface area (Å²) >= 11 is 0. The van der Waals surface area contributed by atoms with E-state index < -0.39 is 0 Å². The summed E-state index contributed by atoms with van der Waals surface area (Å²) in [5, 5.41) is 9.42. The van der Waals surface area contributed by atoms with Gasteiger partial charge in [0.15, 0.2) is 0 Å². The van der Waals surface area contributed by atoms with Gasteiger partial charge in [-0.25, -0.2) is 0 Å². The summed E-state index contributed by atoms with van der Waals surface area (Å²) in [7, 11) is 2.00. The van der Waals surface area contributed by atoms with Crippen molar-refractivity contribution in [2.45, 2.75) is 32.4 Å². The van der Waals surface area contributed by atoms with E-state index in [-0.39, 0.29) is 0 Å². The third-order valence-electron chi connectivity index (χ3n) is 4.28. The van der Waals surface area contributed by atoms with Crippen molar-refractivity contribution in [1.29, 1.82) is 0 Å². The second-order valence-corrected chi connectivity index (χ2v) is 5.58. The molecule has 20 heavy (non-hydrogen) atoms. The molecule has 4 heteroatoms. The molecule has 0 spiro atoms. The Morgan fingerprint density at radius 1 is 1.40 bits per heavy atom. The highest BCUT2D eigenvalue weighted by Gasteiger charge is 2.26. The SMILES string of the molecule is CCC1OCCC1CNCc1nn(C)c2ccccc12. The number of hydrogen-bond donors (Lipinski definition) is 1. The fourth-order valence-corrected chi connectivity index (χ4v) is 3.17. The molecule has 1 aliphatic heterocycles. The van der Waals surface area contributed by atoms with Gasteiger partial charge < -0.3 is 10.1 Å². The maximum atomic E-state index is 5.73. The van der Waals surface area contributed by atoms with Crippen LogP contribution in [0.2, 0.25) is 0 Å². The molecule has 1 aliphatic rings. The Kier molecular flexibility index (Phi) is 4.03. The summed E-state index contributed by atoms with van der Waals surface area (Å²) in [5.74, 6) is 0.648. The lowest BCUT2D eigenvalue weighted by molar-refractivity contribution is 0.0872. The Morgan fingerprint density at radius 3 is 3.10 bits per heavy atom. The molecular weight excluding hydrogens is 250 g/mol. The number of fused-ring (bicyclic) bond motifs is 1. The summed E-state index contributed by atoms with van der Waals surface area (Å²) in [6.45, 7) is 4.96. The van der Waals surface area contributed by atoms with Gasteiger partial charge in [-0.2, -0.15) is 5.10 Å². The van der Waals surface area contributed by atoms with Crippen molar-refractivity contribution in [2.24, 2.45) is 13.0 Å². The van der Waals surface area contributed by atoms with Crippen molar-refractivity contribution in [3.8, 4) is 0 Å². The molecule has 1 saturated heterocycles. The highest BCUT2D eigenvalue weighted by molar-refractivity contribution is 5.81. The average molecular weight is 273 g/mol. The Morgan fingerprint density at radius 2 is 2.25 bits per heavy atom. The quantitative estimate of drug-likeness (QED) is 0.909.